The minimum Gasteiger partial charge on any atom is -0.507 e. The Hall–Kier alpha value is -3.24. The fraction of sp³-hybridized carbons (Fsp3) is 0.167. The number of fused-ring (bicyclic) bond motifs is 2. The molecule has 5 rings (SSSR count). The molecule has 0 saturated heterocycles. The van der Waals surface area contributed by atoms with E-state index in [2.05, 4.69) is 70.7 Å². The van der Waals surface area contributed by atoms with Crippen LogP contribution in [0.1, 0.15) is 22.6 Å². The lowest BCUT2D eigenvalue weighted by Crippen LogP contribution is -2.31. The molecular formula is C24H21N3O. The normalized spacial score (nSPS) is 16.8. The molecule has 0 saturated carbocycles. The van der Waals surface area contributed by atoms with Gasteiger partial charge >= 0.3 is 0 Å². The van der Waals surface area contributed by atoms with Gasteiger partial charge in [0.05, 0.1) is 5.69 Å². The van der Waals surface area contributed by atoms with Gasteiger partial charge < -0.3 is 10.0 Å². The van der Waals surface area contributed by atoms with Gasteiger partial charge in [0.1, 0.15) is 5.75 Å². The fourth-order valence-corrected chi connectivity index (χ4v) is 4.25. The van der Waals surface area contributed by atoms with Crippen molar-refractivity contribution in [2.24, 2.45) is 0 Å². The van der Waals surface area contributed by atoms with E-state index in [1.54, 1.807) is 6.20 Å². The van der Waals surface area contributed by atoms with Gasteiger partial charge in [0.2, 0.25) is 0 Å². The second kappa shape index (κ2) is 6.73. The van der Waals surface area contributed by atoms with Gasteiger partial charge in [-0.15, -0.1) is 0 Å². The third-order valence-electron chi connectivity index (χ3n) is 5.64. The summed E-state index contributed by atoms with van der Waals surface area (Å²) in [5.41, 5.74) is 4.88. The molecule has 1 unspecified atom stereocenters. The van der Waals surface area contributed by atoms with Crippen molar-refractivity contribution in [1.29, 1.82) is 0 Å². The number of hydrogen-bond donors (Lipinski definition) is 1. The Kier molecular flexibility index (Phi) is 4.06. The fourth-order valence-electron chi connectivity index (χ4n) is 4.25. The highest BCUT2D eigenvalue weighted by Gasteiger charge is 2.28. The summed E-state index contributed by atoms with van der Waals surface area (Å²) in [5.74, 6) is 0.538. The molecule has 1 N–H and O–H groups in total. The molecule has 4 heteroatoms. The maximum Gasteiger partial charge on any atom is 0.129 e. The number of benzene rings is 3. The summed E-state index contributed by atoms with van der Waals surface area (Å²) >= 11 is 0. The van der Waals surface area contributed by atoms with Gasteiger partial charge in [0.15, 0.2) is 0 Å². The van der Waals surface area contributed by atoms with Gasteiger partial charge in [-0.3, -0.25) is 0 Å². The molecule has 1 aromatic heterocycles. The molecular weight excluding hydrogens is 346 g/mol. The third-order valence-corrected chi connectivity index (χ3v) is 5.64. The molecule has 0 fully saturated rings. The highest BCUT2D eigenvalue weighted by atomic mass is 16.3. The number of phenols is 1. The highest BCUT2D eigenvalue weighted by Crippen LogP contribution is 2.41. The van der Waals surface area contributed by atoms with Crippen molar-refractivity contribution in [1.82, 2.24) is 15.1 Å². The van der Waals surface area contributed by atoms with E-state index in [9.17, 15) is 5.11 Å². The Balaban J connectivity index is 1.63. The first kappa shape index (κ1) is 16.9. The van der Waals surface area contributed by atoms with Crippen molar-refractivity contribution in [2.75, 3.05) is 13.6 Å². The molecule has 1 aliphatic heterocycles. The Morgan fingerprint density at radius 1 is 0.964 bits per heavy atom. The summed E-state index contributed by atoms with van der Waals surface area (Å²) in [5, 5.41) is 21.7. The second-order valence-electron chi connectivity index (χ2n) is 7.49. The van der Waals surface area contributed by atoms with E-state index >= 15 is 0 Å². The summed E-state index contributed by atoms with van der Waals surface area (Å²) in [6, 6.07) is 22.9. The Morgan fingerprint density at radius 2 is 1.82 bits per heavy atom. The average Bonchev–Trinajstić information content (AvgIpc) is 2.74. The van der Waals surface area contributed by atoms with Crippen LogP contribution in [0, 0.1) is 0 Å². The highest BCUT2D eigenvalue weighted by molar-refractivity contribution is 5.83. The molecule has 4 nitrogen and oxygen atoms in total. The number of aromatic nitrogens is 2. The van der Waals surface area contributed by atoms with Crippen LogP contribution in [-0.4, -0.2) is 33.8 Å². The summed E-state index contributed by atoms with van der Waals surface area (Å²) in [7, 11) is 2.10. The van der Waals surface area contributed by atoms with E-state index in [4.69, 9.17) is 0 Å². The zero-order chi connectivity index (χ0) is 19.1. The van der Waals surface area contributed by atoms with Crippen molar-refractivity contribution in [3.05, 3.63) is 89.6 Å². The topological polar surface area (TPSA) is 49.2 Å². The molecule has 4 aromatic rings. The van der Waals surface area contributed by atoms with Gasteiger partial charge in [0, 0.05) is 36.3 Å². The number of rotatable bonds is 2. The van der Waals surface area contributed by atoms with E-state index in [1.165, 1.54) is 21.9 Å². The number of phenolic OH excluding ortho intramolecular Hbond substituents is 1. The quantitative estimate of drug-likeness (QED) is 0.563. The monoisotopic (exact) mass is 367 g/mol. The van der Waals surface area contributed by atoms with E-state index in [0.29, 0.717) is 11.4 Å². The van der Waals surface area contributed by atoms with Crippen LogP contribution in [0.4, 0.5) is 0 Å². The molecule has 2 heterocycles. The first-order valence-corrected chi connectivity index (χ1v) is 9.51. The molecule has 3 aromatic carbocycles. The molecule has 0 spiro atoms. The zero-order valence-electron chi connectivity index (χ0n) is 15.7. The SMILES string of the molecule is CN1Cc2c(ccc(-c3cccnn3)c2O)C(c2ccc3ccccc3c2)C1. The van der Waals surface area contributed by atoms with E-state index < -0.39 is 0 Å². The van der Waals surface area contributed by atoms with Crippen LogP contribution < -0.4 is 0 Å². The van der Waals surface area contributed by atoms with Crippen molar-refractivity contribution in [3.8, 4) is 17.0 Å². The van der Waals surface area contributed by atoms with Gasteiger partial charge in [-0.25, -0.2) is 0 Å². The van der Waals surface area contributed by atoms with Gasteiger partial charge in [-0.05, 0) is 47.1 Å². The Morgan fingerprint density at radius 3 is 2.64 bits per heavy atom. The lowest BCUT2D eigenvalue weighted by Gasteiger charge is -2.33. The van der Waals surface area contributed by atoms with E-state index in [0.717, 1.165) is 24.2 Å². The second-order valence-corrected chi connectivity index (χ2v) is 7.49. The number of hydrogen-bond acceptors (Lipinski definition) is 4. The molecule has 0 amide bonds. The van der Waals surface area contributed by atoms with Crippen molar-refractivity contribution in [3.63, 3.8) is 0 Å². The number of nitrogens with zero attached hydrogens (tertiary/aromatic N) is 3. The van der Waals surface area contributed by atoms with Crippen LogP contribution in [0.2, 0.25) is 0 Å². The zero-order valence-corrected chi connectivity index (χ0v) is 15.7. The van der Waals surface area contributed by atoms with Gasteiger partial charge in [0.25, 0.3) is 0 Å². The van der Waals surface area contributed by atoms with Gasteiger partial charge in [-0.2, -0.15) is 10.2 Å². The van der Waals surface area contributed by atoms with Crippen LogP contribution in [0.15, 0.2) is 72.9 Å². The summed E-state index contributed by atoms with van der Waals surface area (Å²) in [4.78, 5) is 2.27. The predicted molar refractivity (Wildman–Crippen MR) is 111 cm³/mol. The smallest absolute Gasteiger partial charge is 0.129 e. The van der Waals surface area contributed by atoms with Crippen LogP contribution >= 0.6 is 0 Å². The molecule has 0 radical (unpaired) electrons. The molecule has 1 aliphatic rings. The summed E-state index contributed by atoms with van der Waals surface area (Å²) in [6.07, 6.45) is 1.64. The largest absolute Gasteiger partial charge is 0.507 e. The Labute approximate surface area is 164 Å². The minimum atomic E-state index is 0.222. The standard InChI is InChI=1S/C24H21N3O/c1-27-14-21(18-9-8-16-5-2-3-6-17(16)13-18)19-10-11-20(24(28)22(19)15-27)23-7-4-12-25-26-23/h2-13,21,28H,14-15H2,1H3. The van der Waals surface area contributed by atoms with Crippen LogP contribution in [-0.2, 0) is 6.54 Å². The van der Waals surface area contributed by atoms with Gasteiger partial charge in [-0.1, -0.05) is 48.5 Å². The third kappa shape index (κ3) is 2.83. The van der Waals surface area contributed by atoms with Crippen LogP contribution in [0.25, 0.3) is 22.0 Å². The predicted octanol–water partition coefficient (Wildman–Crippen LogP) is 4.58. The summed E-state index contributed by atoms with van der Waals surface area (Å²) in [6.45, 7) is 1.65. The average molecular weight is 367 g/mol. The maximum atomic E-state index is 11.0. The van der Waals surface area contributed by atoms with Crippen LogP contribution in [0.5, 0.6) is 5.75 Å². The molecule has 1 atom stereocenters. The molecule has 0 aliphatic carbocycles. The minimum absolute atomic E-state index is 0.222. The Bertz CT molecular complexity index is 1160. The summed E-state index contributed by atoms with van der Waals surface area (Å²) < 4.78 is 0. The van der Waals surface area contributed by atoms with E-state index in [1.807, 2.05) is 18.2 Å². The number of aromatic hydroxyl groups is 1. The van der Waals surface area contributed by atoms with Crippen molar-refractivity contribution in [2.45, 2.75) is 12.5 Å². The number of likely N-dealkylation sites (N-methyl/N-ethyl adjacent to an activating group) is 1. The first-order valence-electron chi connectivity index (χ1n) is 9.51. The van der Waals surface area contributed by atoms with Crippen LogP contribution in [0.3, 0.4) is 0 Å². The van der Waals surface area contributed by atoms with E-state index in [-0.39, 0.29) is 5.92 Å². The lowest BCUT2D eigenvalue weighted by molar-refractivity contribution is 0.288. The van der Waals surface area contributed by atoms with Crippen molar-refractivity contribution < 1.29 is 5.11 Å². The first-order chi connectivity index (χ1) is 13.7. The maximum absolute atomic E-state index is 11.0. The molecule has 0 bridgehead atoms. The van der Waals surface area contributed by atoms with Crippen molar-refractivity contribution >= 4 is 10.8 Å². The molecule has 138 valence electrons. The molecule has 28 heavy (non-hydrogen) atoms. The lowest BCUT2D eigenvalue weighted by atomic mass is 9.82.